The number of halogens is 2. The average molecular weight is 285 g/mol. The number of nitrogens with zero attached hydrogens (tertiary/aromatic N) is 2. The van der Waals surface area contributed by atoms with Crippen LogP contribution in [0.15, 0.2) is 36.4 Å². The minimum atomic E-state index is -0.628. The van der Waals surface area contributed by atoms with Crippen molar-refractivity contribution >= 4 is 0 Å². The van der Waals surface area contributed by atoms with Gasteiger partial charge in [-0.25, -0.2) is 13.8 Å². The molecule has 0 aliphatic rings. The van der Waals surface area contributed by atoms with Gasteiger partial charge >= 0.3 is 0 Å². The summed E-state index contributed by atoms with van der Waals surface area (Å²) in [5.74, 6) is -1.23. The lowest BCUT2D eigenvalue weighted by atomic mass is 10.1. The fourth-order valence-electron chi connectivity index (χ4n) is 2.18. The summed E-state index contributed by atoms with van der Waals surface area (Å²) in [6, 6.07) is 8.98. The Morgan fingerprint density at radius 2 is 1.67 bits per heavy atom. The van der Waals surface area contributed by atoms with Gasteiger partial charge in [-0.3, -0.25) is 5.10 Å². The van der Waals surface area contributed by atoms with Crippen LogP contribution in [0.5, 0.6) is 0 Å². The Kier molecular flexibility index (Phi) is 3.25. The molecule has 0 spiro atoms. The molecule has 1 N–H and O–H groups in total. The summed E-state index contributed by atoms with van der Waals surface area (Å²) in [5.41, 5.74) is 3.93. The molecule has 0 atom stereocenters. The molecule has 5 heteroatoms. The zero-order chi connectivity index (χ0) is 15.0. The highest BCUT2D eigenvalue weighted by molar-refractivity contribution is 5.66. The quantitative estimate of drug-likeness (QED) is 0.772. The smallest absolute Gasteiger partial charge is 0.135 e. The third-order valence-electron chi connectivity index (χ3n) is 3.15. The van der Waals surface area contributed by atoms with Crippen molar-refractivity contribution in [3.05, 3.63) is 59.3 Å². The predicted octanol–water partition coefficient (Wildman–Crippen LogP) is 4.03. The van der Waals surface area contributed by atoms with Crippen LogP contribution in [0.25, 0.3) is 22.6 Å². The zero-order valence-corrected chi connectivity index (χ0v) is 11.6. The minimum absolute atomic E-state index is 0.272. The first kappa shape index (κ1) is 13.4. The third-order valence-corrected chi connectivity index (χ3v) is 3.15. The number of rotatable bonds is 2. The molecule has 0 unspecified atom stereocenters. The van der Waals surface area contributed by atoms with Gasteiger partial charge in [-0.05, 0) is 49.7 Å². The SMILES string of the molecule is Cc1cc(-c2cc(C)[nH]n2)nc(-c2ccc(F)cc2F)c1. The summed E-state index contributed by atoms with van der Waals surface area (Å²) >= 11 is 0. The highest BCUT2D eigenvalue weighted by Crippen LogP contribution is 2.26. The second kappa shape index (κ2) is 5.09. The Bertz CT molecular complexity index is 809. The summed E-state index contributed by atoms with van der Waals surface area (Å²) in [5, 5.41) is 7.01. The molecular formula is C16H13F2N3. The monoisotopic (exact) mass is 285 g/mol. The number of hydrogen-bond acceptors (Lipinski definition) is 2. The van der Waals surface area contributed by atoms with Crippen LogP contribution in [0.2, 0.25) is 0 Å². The van der Waals surface area contributed by atoms with Crippen LogP contribution in [0, 0.1) is 25.5 Å². The molecule has 2 aromatic heterocycles. The first-order chi connectivity index (χ1) is 10.0. The van der Waals surface area contributed by atoms with Gasteiger partial charge in [0.15, 0.2) is 0 Å². The van der Waals surface area contributed by atoms with E-state index in [9.17, 15) is 8.78 Å². The van der Waals surface area contributed by atoms with Gasteiger partial charge in [-0.1, -0.05) is 0 Å². The van der Waals surface area contributed by atoms with Gasteiger partial charge in [0.1, 0.15) is 17.3 Å². The topological polar surface area (TPSA) is 41.6 Å². The molecule has 0 aliphatic carbocycles. The molecule has 106 valence electrons. The van der Waals surface area contributed by atoms with Crippen molar-refractivity contribution in [3.63, 3.8) is 0 Å². The molecule has 2 heterocycles. The van der Waals surface area contributed by atoms with E-state index in [1.165, 1.54) is 12.1 Å². The number of benzene rings is 1. The molecule has 0 fully saturated rings. The molecule has 3 rings (SSSR count). The molecular weight excluding hydrogens is 272 g/mol. The van der Waals surface area contributed by atoms with Crippen LogP contribution in [0.4, 0.5) is 8.78 Å². The average Bonchev–Trinajstić information content (AvgIpc) is 2.84. The van der Waals surface area contributed by atoms with E-state index >= 15 is 0 Å². The maximum atomic E-state index is 13.9. The number of aromatic nitrogens is 3. The maximum absolute atomic E-state index is 13.9. The lowest BCUT2D eigenvalue weighted by Crippen LogP contribution is -1.93. The molecule has 3 aromatic rings. The standard InChI is InChI=1S/C16H13F2N3/c1-9-5-14(12-4-3-11(17)8-13(12)18)19-15(6-9)16-7-10(2)20-21-16/h3-8H,1-2H3,(H,20,21). The van der Waals surface area contributed by atoms with Crippen LogP contribution >= 0.6 is 0 Å². The van der Waals surface area contributed by atoms with Crippen LogP contribution in [0.1, 0.15) is 11.3 Å². The number of pyridine rings is 1. The van der Waals surface area contributed by atoms with Crippen molar-refractivity contribution in [2.24, 2.45) is 0 Å². The van der Waals surface area contributed by atoms with Crippen molar-refractivity contribution in [1.82, 2.24) is 15.2 Å². The lowest BCUT2D eigenvalue weighted by molar-refractivity contribution is 0.585. The van der Waals surface area contributed by atoms with Gasteiger partial charge in [-0.15, -0.1) is 0 Å². The molecule has 1 aromatic carbocycles. The van der Waals surface area contributed by atoms with Crippen molar-refractivity contribution in [3.8, 4) is 22.6 Å². The number of hydrogen-bond donors (Lipinski definition) is 1. The molecule has 0 radical (unpaired) electrons. The molecule has 0 bridgehead atoms. The van der Waals surface area contributed by atoms with Gasteiger partial charge in [0, 0.05) is 17.3 Å². The van der Waals surface area contributed by atoms with E-state index in [0.717, 1.165) is 17.3 Å². The zero-order valence-electron chi connectivity index (χ0n) is 11.6. The molecule has 0 saturated carbocycles. The van der Waals surface area contributed by atoms with Crippen molar-refractivity contribution in [1.29, 1.82) is 0 Å². The summed E-state index contributed by atoms with van der Waals surface area (Å²) in [7, 11) is 0. The largest absolute Gasteiger partial charge is 0.282 e. The second-order valence-electron chi connectivity index (χ2n) is 4.98. The molecule has 0 saturated heterocycles. The van der Waals surface area contributed by atoms with Crippen LogP contribution < -0.4 is 0 Å². The lowest BCUT2D eigenvalue weighted by Gasteiger charge is -2.06. The van der Waals surface area contributed by atoms with Gasteiger partial charge in [-0.2, -0.15) is 5.10 Å². The molecule has 21 heavy (non-hydrogen) atoms. The van der Waals surface area contributed by atoms with Gasteiger partial charge < -0.3 is 0 Å². The second-order valence-corrected chi connectivity index (χ2v) is 4.98. The van der Waals surface area contributed by atoms with E-state index in [1.807, 2.05) is 26.0 Å². The number of aromatic amines is 1. The third kappa shape index (κ3) is 2.67. The van der Waals surface area contributed by atoms with Crippen LogP contribution in [-0.2, 0) is 0 Å². The van der Waals surface area contributed by atoms with E-state index in [1.54, 1.807) is 6.07 Å². The van der Waals surface area contributed by atoms with E-state index < -0.39 is 11.6 Å². The first-order valence-electron chi connectivity index (χ1n) is 6.49. The fourth-order valence-corrected chi connectivity index (χ4v) is 2.18. The van der Waals surface area contributed by atoms with Crippen LogP contribution in [-0.4, -0.2) is 15.2 Å². The summed E-state index contributed by atoms with van der Waals surface area (Å²) in [6.45, 7) is 3.79. The normalized spacial score (nSPS) is 10.9. The number of nitrogens with one attached hydrogen (secondary N) is 1. The Morgan fingerprint density at radius 1 is 0.905 bits per heavy atom. The minimum Gasteiger partial charge on any atom is -0.282 e. The van der Waals surface area contributed by atoms with Crippen molar-refractivity contribution in [2.45, 2.75) is 13.8 Å². The highest BCUT2D eigenvalue weighted by atomic mass is 19.1. The first-order valence-corrected chi connectivity index (χ1v) is 6.49. The van der Waals surface area contributed by atoms with Gasteiger partial charge in [0.2, 0.25) is 0 Å². The van der Waals surface area contributed by atoms with E-state index in [2.05, 4.69) is 15.2 Å². The number of aryl methyl sites for hydroxylation is 2. The fraction of sp³-hybridized carbons (Fsp3) is 0.125. The predicted molar refractivity (Wildman–Crippen MR) is 76.6 cm³/mol. The Balaban J connectivity index is 2.13. The molecule has 0 amide bonds. The van der Waals surface area contributed by atoms with Crippen molar-refractivity contribution in [2.75, 3.05) is 0 Å². The van der Waals surface area contributed by atoms with Gasteiger partial charge in [0.25, 0.3) is 0 Å². The summed E-state index contributed by atoms with van der Waals surface area (Å²) in [6.07, 6.45) is 0. The Labute approximate surface area is 120 Å². The van der Waals surface area contributed by atoms with Crippen molar-refractivity contribution < 1.29 is 8.78 Å². The molecule has 0 aliphatic heterocycles. The van der Waals surface area contributed by atoms with E-state index in [0.29, 0.717) is 17.1 Å². The van der Waals surface area contributed by atoms with E-state index in [4.69, 9.17) is 0 Å². The van der Waals surface area contributed by atoms with Crippen LogP contribution in [0.3, 0.4) is 0 Å². The van der Waals surface area contributed by atoms with E-state index in [-0.39, 0.29) is 5.56 Å². The summed E-state index contributed by atoms with van der Waals surface area (Å²) in [4.78, 5) is 4.43. The summed E-state index contributed by atoms with van der Waals surface area (Å²) < 4.78 is 26.9. The highest BCUT2D eigenvalue weighted by Gasteiger charge is 2.11. The van der Waals surface area contributed by atoms with Gasteiger partial charge in [0.05, 0.1) is 11.4 Å². The Hall–Kier alpha value is -2.56. The maximum Gasteiger partial charge on any atom is 0.135 e. The molecule has 3 nitrogen and oxygen atoms in total. The Morgan fingerprint density at radius 3 is 2.33 bits per heavy atom. The number of H-pyrrole nitrogens is 1.